The number of anilines is 1. The number of benzene rings is 2. The fourth-order valence-corrected chi connectivity index (χ4v) is 3.89. The molecule has 1 fully saturated rings. The summed E-state index contributed by atoms with van der Waals surface area (Å²) in [6.45, 7) is 2.78. The zero-order valence-corrected chi connectivity index (χ0v) is 15.4. The second-order valence-electron chi connectivity index (χ2n) is 7.31. The van der Waals surface area contributed by atoms with Crippen LogP contribution in [0.2, 0.25) is 0 Å². The first-order valence-corrected chi connectivity index (χ1v) is 9.28. The Labute approximate surface area is 154 Å². The molecule has 2 aliphatic heterocycles. The van der Waals surface area contributed by atoms with Crippen molar-refractivity contribution in [2.75, 3.05) is 38.6 Å². The lowest BCUT2D eigenvalue weighted by Gasteiger charge is -2.35. The summed E-state index contributed by atoms with van der Waals surface area (Å²) in [5.74, 6) is 0.585. The quantitative estimate of drug-likeness (QED) is 0.909. The van der Waals surface area contributed by atoms with Crippen LogP contribution < -0.4 is 14.4 Å². The highest BCUT2D eigenvalue weighted by molar-refractivity contribution is 5.72. The normalized spacial score (nSPS) is 22.4. The molecule has 0 aliphatic carbocycles. The monoisotopic (exact) mass is 354 g/mol. The van der Waals surface area contributed by atoms with Crippen molar-refractivity contribution in [2.24, 2.45) is 0 Å². The number of phenolic OH excluding ortho intramolecular Hbond substituents is 1. The van der Waals surface area contributed by atoms with Crippen molar-refractivity contribution in [3.63, 3.8) is 0 Å². The Balaban J connectivity index is 1.74. The van der Waals surface area contributed by atoms with Gasteiger partial charge >= 0.3 is 0 Å². The van der Waals surface area contributed by atoms with Gasteiger partial charge in [0, 0.05) is 19.7 Å². The maximum absolute atomic E-state index is 10.3. The molecule has 1 atom stereocenters. The standard InChI is InChI=1S/C21H26N2O3/c1-22(2)19-17(24)11-12-18-20(19)26-21(25-18,16-9-5-3-6-10-16)15-23-13-7-4-8-14-23/h3,5-6,9-12,24H,4,7-8,13-15H2,1-2H3. The highest BCUT2D eigenvalue weighted by atomic mass is 16.7. The molecule has 26 heavy (non-hydrogen) atoms. The van der Waals surface area contributed by atoms with E-state index in [0.717, 1.165) is 18.7 Å². The average Bonchev–Trinajstić information content (AvgIpc) is 3.02. The first-order chi connectivity index (χ1) is 12.6. The van der Waals surface area contributed by atoms with Gasteiger partial charge in [0.05, 0.1) is 6.54 Å². The van der Waals surface area contributed by atoms with Crippen molar-refractivity contribution in [3.05, 3.63) is 48.0 Å². The van der Waals surface area contributed by atoms with Gasteiger partial charge in [-0.25, -0.2) is 0 Å². The van der Waals surface area contributed by atoms with Crippen LogP contribution in [-0.2, 0) is 5.79 Å². The molecule has 1 N–H and O–H groups in total. The van der Waals surface area contributed by atoms with Crippen LogP contribution in [0.5, 0.6) is 17.2 Å². The number of aromatic hydroxyl groups is 1. The van der Waals surface area contributed by atoms with Gasteiger partial charge in [-0.1, -0.05) is 36.8 Å². The van der Waals surface area contributed by atoms with Crippen molar-refractivity contribution in [1.29, 1.82) is 0 Å². The van der Waals surface area contributed by atoms with Gasteiger partial charge in [0.1, 0.15) is 11.4 Å². The second-order valence-corrected chi connectivity index (χ2v) is 7.31. The molecular weight excluding hydrogens is 328 g/mol. The second kappa shape index (κ2) is 6.72. The summed E-state index contributed by atoms with van der Waals surface area (Å²) >= 11 is 0. The van der Waals surface area contributed by atoms with Gasteiger partial charge in [0.2, 0.25) is 0 Å². The van der Waals surface area contributed by atoms with Crippen molar-refractivity contribution in [1.82, 2.24) is 4.90 Å². The molecule has 0 saturated carbocycles. The number of rotatable bonds is 4. The van der Waals surface area contributed by atoms with Crippen molar-refractivity contribution in [3.8, 4) is 17.2 Å². The topological polar surface area (TPSA) is 45.2 Å². The Kier molecular flexibility index (Phi) is 4.41. The highest BCUT2D eigenvalue weighted by Gasteiger charge is 2.46. The zero-order chi connectivity index (χ0) is 18.1. The van der Waals surface area contributed by atoms with E-state index < -0.39 is 5.79 Å². The van der Waals surface area contributed by atoms with Crippen LogP contribution in [0.3, 0.4) is 0 Å². The van der Waals surface area contributed by atoms with Gasteiger partial charge in [-0.05, 0) is 38.1 Å². The van der Waals surface area contributed by atoms with E-state index >= 15 is 0 Å². The first kappa shape index (κ1) is 17.0. The molecule has 0 aromatic heterocycles. The Morgan fingerprint density at radius 1 is 1.00 bits per heavy atom. The molecular formula is C21H26N2O3. The largest absolute Gasteiger partial charge is 0.506 e. The van der Waals surface area contributed by atoms with E-state index in [1.165, 1.54) is 19.3 Å². The molecule has 1 saturated heterocycles. The zero-order valence-electron chi connectivity index (χ0n) is 15.4. The summed E-state index contributed by atoms with van der Waals surface area (Å²) in [5.41, 5.74) is 1.64. The van der Waals surface area contributed by atoms with E-state index in [9.17, 15) is 5.11 Å². The third kappa shape index (κ3) is 2.97. The van der Waals surface area contributed by atoms with Gasteiger partial charge in [0.25, 0.3) is 5.79 Å². The third-order valence-corrected chi connectivity index (χ3v) is 5.16. The lowest BCUT2D eigenvalue weighted by molar-refractivity contribution is -0.109. The first-order valence-electron chi connectivity index (χ1n) is 9.28. The molecule has 0 amide bonds. The number of phenols is 1. The molecule has 0 bridgehead atoms. The van der Waals surface area contributed by atoms with Crippen molar-refractivity contribution in [2.45, 2.75) is 25.0 Å². The molecule has 138 valence electrons. The summed E-state index contributed by atoms with van der Waals surface area (Å²) in [5, 5.41) is 10.3. The minimum absolute atomic E-state index is 0.194. The molecule has 0 radical (unpaired) electrons. The third-order valence-electron chi connectivity index (χ3n) is 5.16. The molecule has 2 aromatic carbocycles. The van der Waals surface area contributed by atoms with Crippen LogP contribution in [0.4, 0.5) is 5.69 Å². The molecule has 2 heterocycles. The van der Waals surface area contributed by atoms with E-state index in [0.29, 0.717) is 23.7 Å². The Morgan fingerprint density at radius 2 is 1.73 bits per heavy atom. The smallest absolute Gasteiger partial charge is 0.291 e. The Hall–Kier alpha value is -2.40. The van der Waals surface area contributed by atoms with Gasteiger partial charge < -0.3 is 19.5 Å². The minimum Gasteiger partial charge on any atom is -0.506 e. The number of piperidine rings is 1. The molecule has 0 spiro atoms. The van der Waals surface area contributed by atoms with Gasteiger partial charge in [-0.15, -0.1) is 0 Å². The number of hydrogen-bond acceptors (Lipinski definition) is 5. The lowest BCUT2D eigenvalue weighted by Crippen LogP contribution is -2.48. The summed E-state index contributed by atoms with van der Waals surface area (Å²) in [6.07, 6.45) is 3.71. The van der Waals surface area contributed by atoms with Crippen LogP contribution in [0.25, 0.3) is 0 Å². The number of likely N-dealkylation sites (tertiary alicyclic amines) is 1. The van der Waals surface area contributed by atoms with Gasteiger partial charge in [0.15, 0.2) is 11.5 Å². The van der Waals surface area contributed by atoms with Crippen molar-refractivity contribution < 1.29 is 14.6 Å². The molecule has 5 nitrogen and oxygen atoms in total. The lowest BCUT2D eigenvalue weighted by atomic mass is 10.0. The van der Waals surface area contributed by atoms with Crippen molar-refractivity contribution >= 4 is 5.69 Å². The summed E-state index contributed by atoms with van der Waals surface area (Å²) in [7, 11) is 3.79. The van der Waals surface area contributed by atoms with E-state index in [1.54, 1.807) is 12.1 Å². The fourth-order valence-electron chi connectivity index (χ4n) is 3.89. The molecule has 2 aliphatic rings. The van der Waals surface area contributed by atoms with E-state index in [-0.39, 0.29) is 5.75 Å². The number of ether oxygens (including phenoxy) is 2. The van der Waals surface area contributed by atoms with E-state index in [2.05, 4.69) is 4.90 Å². The SMILES string of the molecule is CN(C)c1c(O)ccc2c1OC(CN1CCCCC1)(c1ccccc1)O2. The number of hydrogen-bond donors (Lipinski definition) is 1. The fraction of sp³-hybridized carbons (Fsp3) is 0.429. The summed E-state index contributed by atoms with van der Waals surface area (Å²) < 4.78 is 12.9. The minimum atomic E-state index is -0.889. The van der Waals surface area contributed by atoms with E-state index in [1.807, 2.05) is 49.3 Å². The predicted octanol–water partition coefficient (Wildman–Crippen LogP) is 3.57. The number of fused-ring (bicyclic) bond motifs is 1. The maximum atomic E-state index is 10.3. The molecule has 1 unspecified atom stereocenters. The Morgan fingerprint density at radius 3 is 2.42 bits per heavy atom. The van der Waals surface area contributed by atoms with Crippen LogP contribution in [0.1, 0.15) is 24.8 Å². The molecule has 5 heteroatoms. The van der Waals surface area contributed by atoms with E-state index in [4.69, 9.17) is 9.47 Å². The number of nitrogens with zero attached hydrogens (tertiary/aromatic N) is 2. The van der Waals surface area contributed by atoms with Crippen LogP contribution in [0, 0.1) is 0 Å². The average molecular weight is 354 g/mol. The maximum Gasteiger partial charge on any atom is 0.291 e. The van der Waals surface area contributed by atoms with Crippen LogP contribution in [-0.4, -0.2) is 43.7 Å². The van der Waals surface area contributed by atoms with Crippen LogP contribution in [0.15, 0.2) is 42.5 Å². The Bertz CT molecular complexity index is 772. The molecule has 4 rings (SSSR count). The predicted molar refractivity (Wildman–Crippen MR) is 102 cm³/mol. The summed E-state index contributed by atoms with van der Waals surface area (Å²) in [6, 6.07) is 13.6. The van der Waals surface area contributed by atoms with Crippen LogP contribution >= 0.6 is 0 Å². The van der Waals surface area contributed by atoms with Gasteiger partial charge in [-0.3, -0.25) is 4.90 Å². The molecule has 2 aromatic rings. The highest BCUT2D eigenvalue weighted by Crippen LogP contribution is 2.52. The summed E-state index contributed by atoms with van der Waals surface area (Å²) in [4.78, 5) is 4.27. The van der Waals surface area contributed by atoms with Gasteiger partial charge in [-0.2, -0.15) is 0 Å².